The van der Waals surface area contributed by atoms with Crippen molar-refractivity contribution in [3.05, 3.63) is 65.5 Å². The zero-order valence-electron chi connectivity index (χ0n) is 10.2. The van der Waals surface area contributed by atoms with Crippen LogP contribution in [0.2, 0.25) is 0 Å². The van der Waals surface area contributed by atoms with Crippen LogP contribution in [0.5, 0.6) is 0 Å². The van der Waals surface area contributed by atoms with Crippen molar-refractivity contribution in [3.8, 4) is 0 Å². The Balaban J connectivity index is 1.99. The molecule has 0 heterocycles. The highest BCUT2D eigenvalue weighted by Crippen LogP contribution is 2.28. The first-order valence-corrected chi connectivity index (χ1v) is 5.67. The number of nitrogens with one attached hydrogen (secondary N) is 1. The lowest BCUT2D eigenvalue weighted by atomic mass is 10.1. The number of hydrazone groups is 1. The van der Waals surface area contributed by atoms with Gasteiger partial charge in [0.25, 0.3) is 0 Å². The van der Waals surface area contributed by atoms with Crippen LogP contribution in [0, 0.1) is 5.82 Å². The van der Waals surface area contributed by atoms with Crippen LogP contribution in [-0.2, 0) is 6.18 Å². The van der Waals surface area contributed by atoms with Crippen LogP contribution < -0.4 is 5.43 Å². The molecule has 2 nitrogen and oxygen atoms in total. The quantitative estimate of drug-likeness (QED) is 0.507. The van der Waals surface area contributed by atoms with Crippen LogP contribution in [0.3, 0.4) is 0 Å². The van der Waals surface area contributed by atoms with Crippen LogP contribution in [0.4, 0.5) is 23.2 Å². The van der Waals surface area contributed by atoms with Gasteiger partial charge in [0.05, 0.1) is 17.5 Å². The third kappa shape index (κ3) is 3.81. The molecule has 0 aliphatic heterocycles. The van der Waals surface area contributed by atoms with E-state index in [2.05, 4.69) is 10.5 Å². The van der Waals surface area contributed by atoms with Crippen LogP contribution in [0.25, 0.3) is 0 Å². The van der Waals surface area contributed by atoms with Crippen LogP contribution in [-0.4, -0.2) is 6.21 Å². The molecule has 0 spiro atoms. The maximum atomic E-state index is 12.6. The number of hydrogen-bond acceptors (Lipinski definition) is 2. The highest BCUT2D eigenvalue weighted by molar-refractivity contribution is 5.80. The van der Waals surface area contributed by atoms with E-state index in [1.165, 1.54) is 42.6 Å². The lowest BCUT2D eigenvalue weighted by molar-refractivity contribution is -0.137. The molecule has 0 saturated carbocycles. The second-order valence-corrected chi connectivity index (χ2v) is 4.00. The van der Waals surface area contributed by atoms with E-state index in [1.54, 1.807) is 0 Å². The molecule has 0 fully saturated rings. The van der Waals surface area contributed by atoms with E-state index in [-0.39, 0.29) is 5.82 Å². The number of alkyl halides is 3. The second kappa shape index (κ2) is 5.73. The summed E-state index contributed by atoms with van der Waals surface area (Å²) in [6, 6.07) is 10.2. The fraction of sp³-hybridized carbons (Fsp3) is 0.0714. The normalized spacial score (nSPS) is 11.8. The Bertz CT molecular complexity index is 586. The first-order valence-electron chi connectivity index (χ1n) is 5.67. The van der Waals surface area contributed by atoms with Crippen molar-refractivity contribution < 1.29 is 17.6 Å². The van der Waals surface area contributed by atoms with E-state index in [1.807, 2.05) is 0 Å². The molecular formula is C14H10F4N2. The third-order valence-electron chi connectivity index (χ3n) is 2.49. The van der Waals surface area contributed by atoms with Crippen LogP contribution >= 0.6 is 0 Å². The van der Waals surface area contributed by atoms with E-state index in [9.17, 15) is 17.6 Å². The molecule has 0 bridgehead atoms. The highest BCUT2D eigenvalue weighted by atomic mass is 19.4. The van der Waals surface area contributed by atoms with Crippen molar-refractivity contribution in [2.45, 2.75) is 6.18 Å². The average Bonchev–Trinajstić information content (AvgIpc) is 2.41. The molecule has 2 aromatic carbocycles. The molecule has 0 amide bonds. The number of anilines is 1. The zero-order chi connectivity index (χ0) is 14.6. The molecule has 0 saturated heterocycles. The summed E-state index contributed by atoms with van der Waals surface area (Å²) < 4.78 is 49.7. The van der Waals surface area contributed by atoms with Gasteiger partial charge in [-0.15, -0.1) is 0 Å². The van der Waals surface area contributed by atoms with Crippen molar-refractivity contribution in [1.29, 1.82) is 0 Å². The first-order chi connectivity index (χ1) is 9.45. The molecule has 2 rings (SSSR count). The number of halogens is 4. The Morgan fingerprint density at radius 1 is 0.900 bits per heavy atom. The predicted molar refractivity (Wildman–Crippen MR) is 69.1 cm³/mol. The van der Waals surface area contributed by atoms with E-state index < -0.39 is 11.7 Å². The molecule has 0 aliphatic rings. The minimum absolute atomic E-state index is 0.359. The Kier molecular flexibility index (Phi) is 4.02. The van der Waals surface area contributed by atoms with Gasteiger partial charge in [0.1, 0.15) is 5.82 Å². The third-order valence-corrected chi connectivity index (χ3v) is 2.49. The lowest BCUT2D eigenvalue weighted by Gasteiger charge is -2.05. The molecule has 0 radical (unpaired) electrons. The minimum Gasteiger partial charge on any atom is -0.279 e. The summed E-state index contributed by atoms with van der Waals surface area (Å²) in [5.74, 6) is -0.359. The summed E-state index contributed by atoms with van der Waals surface area (Å²) >= 11 is 0. The van der Waals surface area contributed by atoms with Gasteiger partial charge in [0, 0.05) is 0 Å². The Hall–Kier alpha value is -2.37. The molecule has 6 heteroatoms. The van der Waals surface area contributed by atoms with Crippen LogP contribution in [0.1, 0.15) is 11.1 Å². The maximum absolute atomic E-state index is 12.6. The van der Waals surface area contributed by atoms with E-state index in [0.717, 1.165) is 12.1 Å². The van der Waals surface area contributed by atoms with Crippen molar-refractivity contribution in [2.75, 3.05) is 5.43 Å². The van der Waals surface area contributed by atoms with Crippen molar-refractivity contribution in [2.24, 2.45) is 5.10 Å². The number of nitrogens with zero attached hydrogens (tertiary/aromatic N) is 1. The Morgan fingerprint density at radius 3 is 2.05 bits per heavy atom. The van der Waals surface area contributed by atoms with E-state index in [4.69, 9.17) is 0 Å². The van der Waals surface area contributed by atoms with Gasteiger partial charge >= 0.3 is 6.18 Å². The Labute approximate surface area is 112 Å². The van der Waals surface area contributed by atoms with Gasteiger partial charge in [0.2, 0.25) is 0 Å². The standard InChI is InChI=1S/C14H10F4N2/c15-12-5-7-13(8-6-12)20-19-9-10-1-3-11(4-2-10)14(16,17)18/h1-9,20H/b19-9+. The summed E-state index contributed by atoms with van der Waals surface area (Å²) in [6.45, 7) is 0. The van der Waals surface area contributed by atoms with Gasteiger partial charge in [-0.1, -0.05) is 12.1 Å². The maximum Gasteiger partial charge on any atom is 0.416 e. The van der Waals surface area contributed by atoms with Crippen molar-refractivity contribution in [1.82, 2.24) is 0 Å². The van der Waals surface area contributed by atoms with Gasteiger partial charge in [-0.2, -0.15) is 18.3 Å². The van der Waals surface area contributed by atoms with Crippen molar-refractivity contribution >= 4 is 11.9 Å². The fourth-order valence-electron chi connectivity index (χ4n) is 1.46. The number of rotatable bonds is 3. The highest BCUT2D eigenvalue weighted by Gasteiger charge is 2.29. The molecule has 2 aromatic rings. The van der Waals surface area contributed by atoms with E-state index in [0.29, 0.717) is 11.3 Å². The topological polar surface area (TPSA) is 24.4 Å². The fourth-order valence-corrected chi connectivity index (χ4v) is 1.46. The predicted octanol–water partition coefficient (Wildman–Crippen LogP) is 4.29. The molecule has 104 valence electrons. The monoisotopic (exact) mass is 282 g/mol. The van der Waals surface area contributed by atoms with Gasteiger partial charge < -0.3 is 0 Å². The van der Waals surface area contributed by atoms with E-state index >= 15 is 0 Å². The smallest absolute Gasteiger partial charge is 0.279 e. The largest absolute Gasteiger partial charge is 0.416 e. The lowest BCUT2D eigenvalue weighted by Crippen LogP contribution is -2.04. The summed E-state index contributed by atoms with van der Waals surface area (Å²) in [5, 5.41) is 3.85. The van der Waals surface area contributed by atoms with Crippen molar-refractivity contribution in [3.63, 3.8) is 0 Å². The molecule has 20 heavy (non-hydrogen) atoms. The average molecular weight is 282 g/mol. The SMILES string of the molecule is Fc1ccc(N/N=C/c2ccc(C(F)(F)F)cc2)cc1. The second-order valence-electron chi connectivity index (χ2n) is 4.00. The minimum atomic E-state index is -4.35. The zero-order valence-corrected chi connectivity index (χ0v) is 10.2. The molecule has 0 atom stereocenters. The van der Waals surface area contributed by atoms with Gasteiger partial charge in [-0.25, -0.2) is 4.39 Å². The molecule has 1 N–H and O–H groups in total. The van der Waals surface area contributed by atoms with Gasteiger partial charge in [0.15, 0.2) is 0 Å². The van der Waals surface area contributed by atoms with Gasteiger partial charge in [-0.05, 0) is 42.0 Å². The molecule has 0 aromatic heterocycles. The number of benzene rings is 2. The molecular weight excluding hydrogens is 272 g/mol. The Morgan fingerprint density at radius 2 is 1.50 bits per heavy atom. The summed E-state index contributed by atoms with van der Waals surface area (Å²) in [5.41, 5.74) is 3.04. The summed E-state index contributed by atoms with van der Waals surface area (Å²) in [7, 11) is 0. The number of hydrogen-bond donors (Lipinski definition) is 1. The molecule has 0 unspecified atom stereocenters. The molecule has 0 aliphatic carbocycles. The van der Waals surface area contributed by atoms with Gasteiger partial charge in [-0.3, -0.25) is 5.43 Å². The summed E-state index contributed by atoms with van der Waals surface area (Å²) in [6.07, 6.45) is -2.97. The summed E-state index contributed by atoms with van der Waals surface area (Å²) in [4.78, 5) is 0. The first kappa shape index (κ1) is 14.0. The van der Waals surface area contributed by atoms with Crippen LogP contribution in [0.15, 0.2) is 53.6 Å².